The maximum Gasteiger partial charge on any atom is 0.262 e. The lowest BCUT2D eigenvalue weighted by Gasteiger charge is -2.19. The first-order valence-corrected chi connectivity index (χ1v) is 9.04. The molecule has 24 heavy (non-hydrogen) atoms. The fourth-order valence-corrected chi connectivity index (χ4v) is 3.60. The lowest BCUT2D eigenvalue weighted by atomic mass is 10.2. The zero-order valence-electron chi connectivity index (χ0n) is 14.5. The van der Waals surface area contributed by atoms with Gasteiger partial charge < -0.3 is 4.90 Å². The highest BCUT2D eigenvalue weighted by molar-refractivity contribution is 8.00. The van der Waals surface area contributed by atoms with Gasteiger partial charge in [-0.3, -0.25) is 14.2 Å². The van der Waals surface area contributed by atoms with Gasteiger partial charge in [-0.1, -0.05) is 37.2 Å². The van der Waals surface area contributed by atoms with E-state index in [0.29, 0.717) is 27.6 Å². The first-order chi connectivity index (χ1) is 11.2. The van der Waals surface area contributed by atoms with Gasteiger partial charge >= 0.3 is 0 Å². The van der Waals surface area contributed by atoms with E-state index in [1.165, 1.54) is 11.8 Å². The molecule has 0 spiro atoms. The van der Waals surface area contributed by atoms with Crippen LogP contribution in [0.4, 0.5) is 0 Å². The third-order valence-corrected chi connectivity index (χ3v) is 4.81. The van der Waals surface area contributed by atoms with Crippen LogP contribution in [0.3, 0.4) is 0 Å². The Bertz CT molecular complexity index is 817. The summed E-state index contributed by atoms with van der Waals surface area (Å²) in [6.45, 7) is 6.44. The molecule has 1 heterocycles. The van der Waals surface area contributed by atoms with Crippen molar-refractivity contribution in [2.24, 2.45) is 5.92 Å². The average Bonchev–Trinajstić information content (AvgIpc) is 2.50. The maximum absolute atomic E-state index is 12.9. The van der Waals surface area contributed by atoms with Crippen LogP contribution in [0.5, 0.6) is 0 Å². The van der Waals surface area contributed by atoms with Gasteiger partial charge in [-0.05, 0) is 31.0 Å². The quantitative estimate of drug-likeness (QED) is 0.601. The molecule has 0 saturated heterocycles. The third kappa shape index (κ3) is 4.11. The highest BCUT2D eigenvalue weighted by Crippen LogP contribution is 2.25. The van der Waals surface area contributed by atoms with Crippen LogP contribution in [-0.2, 0) is 11.3 Å². The van der Waals surface area contributed by atoms with E-state index in [0.717, 1.165) is 0 Å². The van der Waals surface area contributed by atoms with Gasteiger partial charge in [0, 0.05) is 25.7 Å². The van der Waals surface area contributed by atoms with Crippen molar-refractivity contribution < 1.29 is 4.79 Å². The van der Waals surface area contributed by atoms with Crippen molar-refractivity contribution in [3.63, 3.8) is 0 Å². The number of rotatable bonds is 5. The fourth-order valence-electron chi connectivity index (χ4n) is 2.36. The molecule has 0 aliphatic rings. The summed E-state index contributed by atoms with van der Waals surface area (Å²) in [6.07, 6.45) is 0. The number of fused-ring (bicyclic) bond motifs is 1. The van der Waals surface area contributed by atoms with Crippen LogP contribution in [0.25, 0.3) is 10.9 Å². The molecular formula is C17H22ClN3O2S. The summed E-state index contributed by atoms with van der Waals surface area (Å²) in [5, 5.41) is 1.24. The Hall–Kier alpha value is -1.53. The molecule has 130 valence electrons. The Morgan fingerprint density at radius 3 is 2.58 bits per heavy atom. The van der Waals surface area contributed by atoms with Crippen molar-refractivity contribution in [3.05, 3.63) is 33.6 Å². The molecule has 1 atom stereocenters. The minimum atomic E-state index is -0.324. The highest BCUT2D eigenvalue weighted by Gasteiger charge is 2.21. The summed E-state index contributed by atoms with van der Waals surface area (Å²) in [5.74, 6) is 0.266. The lowest BCUT2D eigenvalue weighted by molar-refractivity contribution is -0.127. The van der Waals surface area contributed by atoms with Crippen molar-refractivity contribution in [1.82, 2.24) is 14.5 Å². The second kappa shape index (κ2) is 7.57. The minimum absolute atomic E-state index is 0.0125. The van der Waals surface area contributed by atoms with E-state index in [1.807, 2.05) is 20.8 Å². The minimum Gasteiger partial charge on any atom is -0.348 e. The second-order valence-electron chi connectivity index (χ2n) is 6.36. The number of hydrogen-bond donors (Lipinski definition) is 0. The van der Waals surface area contributed by atoms with Gasteiger partial charge in [0.05, 0.1) is 16.2 Å². The topological polar surface area (TPSA) is 55.2 Å². The van der Waals surface area contributed by atoms with E-state index in [4.69, 9.17) is 11.6 Å². The fraction of sp³-hybridized carbons (Fsp3) is 0.471. The molecule has 0 aliphatic heterocycles. The molecule has 2 rings (SSSR count). The zero-order chi connectivity index (χ0) is 18.0. The van der Waals surface area contributed by atoms with E-state index < -0.39 is 0 Å². The molecule has 1 amide bonds. The number of nitrogens with zero attached hydrogens (tertiary/aromatic N) is 3. The van der Waals surface area contributed by atoms with Crippen LogP contribution in [0, 0.1) is 5.92 Å². The summed E-state index contributed by atoms with van der Waals surface area (Å²) in [4.78, 5) is 31.2. The van der Waals surface area contributed by atoms with Gasteiger partial charge in [-0.25, -0.2) is 4.98 Å². The van der Waals surface area contributed by atoms with Crippen molar-refractivity contribution >= 4 is 40.2 Å². The molecule has 0 fully saturated rings. The highest BCUT2D eigenvalue weighted by atomic mass is 35.5. The van der Waals surface area contributed by atoms with E-state index >= 15 is 0 Å². The van der Waals surface area contributed by atoms with Gasteiger partial charge in [0.1, 0.15) is 0 Å². The number of benzene rings is 1. The zero-order valence-corrected chi connectivity index (χ0v) is 16.1. The van der Waals surface area contributed by atoms with Gasteiger partial charge in [-0.2, -0.15) is 0 Å². The SMILES string of the molecule is CC(C)Cn1c(S[C@H](C)C(=O)N(C)C)nc2ccc(Cl)cc2c1=O. The van der Waals surface area contributed by atoms with Gasteiger partial charge in [0.2, 0.25) is 5.91 Å². The smallest absolute Gasteiger partial charge is 0.262 e. The van der Waals surface area contributed by atoms with E-state index in [2.05, 4.69) is 4.98 Å². The predicted molar refractivity (Wildman–Crippen MR) is 99.9 cm³/mol. The van der Waals surface area contributed by atoms with Crippen LogP contribution >= 0.6 is 23.4 Å². The Morgan fingerprint density at radius 1 is 1.33 bits per heavy atom. The van der Waals surface area contributed by atoms with E-state index in [9.17, 15) is 9.59 Å². The number of aromatic nitrogens is 2. The van der Waals surface area contributed by atoms with Gasteiger partial charge in [-0.15, -0.1) is 0 Å². The molecular weight excluding hydrogens is 346 g/mol. The maximum atomic E-state index is 12.9. The molecule has 7 heteroatoms. The molecule has 1 aromatic carbocycles. The Labute approximate surface area is 151 Å². The molecule has 0 bridgehead atoms. The molecule has 0 saturated carbocycles. The lowest BCUT2D eigenvalue weighted by Crippen LogP contribution is -2.31. The first kappa shape index (κ1) is 18.8. The van der Waals surface area contributed by atoms with Gasteiger partial charge in [0.25, 0.3) is 5.56 Å². The van der Waals surface area contributed by atoms with Crippen molar-refractivity contribution in [1.29, 1.82) is 0 Å². The monoisotopic (exact) mass is 367 g/mol. The molecule has 5 nitrogen and oxygen atoms in total. The molecule has 0 unspecified atom stereocenters. The summed E-state index contributed by atoms with van der Waals surface area (Å²) in [5.41, 5.74) is 0.472. The summed E-state index contributed by atoms with van der Waals surface area (Å²) in [7, 11) is 3.44. The number of hydrogen-bond acceptors (Lipinski definition) is 4. The third-order valence-electron chi connectivity index (χ3n) is 3.50. The number of halogens is 1. The predicted octanol–water partition coefficient (Wildman–Crippen LogP) is 3.27. The van der Waals surface area contributed by atoms with E-state index in [-0.39, 0.29) is 22.6 Å². The summed E-state index contributed by atoms with van der Waals surface area (Å²) in [6, 6.07) is 5.10. The number of carbonyl (C=O) groups excluding carboxylic acids is 1. The Balaban J connectivity index is 2.56. The standard InChI is InChI=1S/C17H22ClN3O2S/c1-10(2)9-21-16(23)13-8-12(18)6-7-14(13)19-17(21)24-11(3)15(22)20(4)5/h6-8,10-11H,9H2,1-5H3/t11-/m1/s1. The molecule has 0 radical (unpaired) electrons. The van der Waals surface area contributed by atoms with Crippen LogP contribution < -0.4 is 5.56 Å². The van der Waals surface area contributed by atoms with Crippen molar-refractivity contribution in [2.75, 3.05) is 14.1 Å². The number of thioether (sulfide) groups is 1. The number of amides is 1. The Kier molecular flexibility index (Phi) is 5.93. The van der Waals surface area contributed by atoms with Crippen LogP contribution in [0.2, 0.25) is 5.02 Å². The first-order valence-electron chi connectivity index (χ1n) is 7.78. The van der Waals surface area contributed by atoms with Crippen molar-refractivity contribution in [3.8, 4) is 0 Å². The Morgan fingerprint density at radius 2 is 2.00 bits per heavy atom. The molecule has 0 N–H and O–H groups in total. The normalized spacial score (nSPS) is 12.6. The van der Waals surface area contributed by atoms with Gasteiger partial charge in [0.15, 0.2) is 5.16 Å². The summed E-state index contributed by atoms with van der Waals surface area (Å²) >= 11 is 7.33. The number of carbonyl (C=O) groups is 1. The average molecular weight is 368 g/mol. The van der Waals surface area contributed by atoms with Crippen molar-refractivity contribution in [2.45, 2.75) is 37.7 Å². The largest absolute Gasteiger partial charge is 0.348 e. The van der Waals surface area contributed by atoms with Crippen LogP contribution in [-0.4, -0.2) is 39.7 Å². The van der Waals surface area contributed by atoms with Crippen LogP contribution in [0.1, 0.15) is 20.8 Å². The molecule has 0 aliphatic carbocycles. The molecule has 2 aromatic rings. The summed E-state index contributed by atoms with van der Waals surface area (Å²) < 4.78 is 1.65. The molecule has 1 aromatic heterocycles. The second-order valence-corrected chi connectivity index (χ2v) is 8.10. The van der Waals surface area contributed by atoms with E-state index in [1.54, 1.807) is 41.8 Å². The van der Waals surface area contributed by atoms with Crippen LogP contribution in [0.15, 0.2) is 28.2 Å².